The summed E-state index contributed by atoms with van der Waals surface area (Å²) in [5.41, 5.74) is 5.78. The third-order valence-corrected chi connectivity index (χ3v) is 7.22. The first-order chi connectivity index (χ1) is 15.0. The highest BCUT2D eigenvalue weighted by Crippen LogP contribution is 2.38. The molecule has 1 aliphatic carbocycles. The minimum atomic E-state index is -0.0307. The van der Waals surface area contributed by atoms with E-state index < -0.39 is 0 Å². The van der Waals surface area contributed by atoms with Crippen LogP contribution in [0.5, 0.6) is 0 Å². The Morgan fingerprint density at radius 3 is 2.68 bits per heavy atom. The van der Waals surface area contributed by atoms with Gasteiger partial charge < -0.3 is 15.1 Å². The van der Waals surface area contributed by atoms with Crippen LogP contribution >= 0.6 is 11.6 Å². The fourth-order valence-electron chi connectivity index (χ4n) is 5.54. The van der Waals surface area contributed by atoms with Crippen LogP contribution in [0.4, 0.5) is 11.4 Å². The molecule has 31 heavy (non-hydrogen) atoms. The van der Waals surface area contributed by atoms with E-state index in [1.807, 2.05) is 29.2 Å². The number of nitrogens with zero attached hydrogens (tertiary/aromatic N) is 2. The summed E-state index contributed by atoms with van der Waals surface area (Å²) in [5, 5.41) is 3.61. The number of likely N-dealkylation sites (tertiary alicyclic amines) is 1. The van der Waals surface area contributed by atoms with Crippen molar-refractivity contribution in [1.82, 2.24) is 4.90 Å². The second kappa shape index (κ2) is 8.29. The number of fused-ring (bicyclic) bond motifs is 2. The Kier molecular flexibility index (Phi) is 5.49. The van der Waals surface area contributed by atoms with Gasteiger partial charge in [-0.15, -0.1) is 0 Å². The van der Waals surface area contributed by atoms with Crippen LogP contribution in [0.2, 0.25) is 5.02 Å². The number of hydrogen-bond acceptors (Lipinski definition) is 3. The number of rotatable bonds is 4. The predicted molar refractivity (Wildman–Crippen MR) is 124 cm³/mol. The molecule has 2 aromatic carbocycles. The monoisotopic (exact) mass is 437 g/mol. The lowest BCUT2D eigenvalue weighted by Crippen LogP contribution is -2.47. The Morgan fingerprint density at radius 1 is 1.10 bits per heavy atom. The van der Waals surface area contributed by atoms with Crippen molar-refractivity contribution in [3.05, 3.63) is 58.1 Å². The molecular weight excluding hydrogens is 410 g/mol. The van der Waals surface area contributed by atoms with Gasteiger partial charge in [0.2, 0.25) is 11.8 Å². The van der Waals surface area contributed by atoms with Gasteiger partial charge in [0.05, 0.1) is 6.42 Å². The van der Waals surface area contributed by atoms with E-state index in [1.54, 1.807) is 6.92 Å². The molecule has 5 nitrogen and oxygen atoms in total. The summed E-state index contributed by atoms with van der Waals surface area (Å²) >= 11 is 6.12. The molecule has 162 valence electrons. The van der Waals surface area contributed by atoms with E-state index in [4.69, 9.17) is 11.6 Å². The Hall–Kier alpha value is -2.37. The highest BCUT2D eigenvalue weighted by atomic mass is 35.5. The highest BCUT2D eigenvalue weighted by Gasteiger charge is 2.35. The van der Waals surface area contributed by atoms with Crippen LogP contribution in [0.1, 0.15) is 48.8 Å². The number of anilines is 2. The molecule has 1 N–H and O–H groups in total. The fraction of sp³-hybridized carbons (Fsp3) is 0.440. The average molecular weight is 438 g/mol. The lowest BCUT2D eigenvalue weighted by Gasteiger charge is -2.38. The molecule has 1 atom stereocenters. The second-order valence-electron chi connectivity index (χ2n) is 9.08. The molecule has 3 aliphatic rings. The van der Waals surface area contributed by atoms with Crippen molar-refractivity contribution in [2.24, 2.45) is 0 Å². The molecule has 1 fully saturated rings. The number of aryl methyl sites for hydroxylation is 1. The van der Waals surface area contributed by atoms with E-state index in [1.165, 1.54) is 11.1 Å². The molecule has 2 heterocycles. The first-order valence-corrected chi connectivity index (χ1v) is 11.6. The largest absolute Gasteiger partial charge is 0.326 e. The van der Waals surface area contributed by atoms with Gasteiger partial charge in [0.1, 0.15) is 0 Å². The molecule has 0 bridgehead atoms. The lowest BCUT2D eigenvalue weighted by molar-refractivity contribution is -0.118. The summed E-state index contributed by atoms with van der Waals surface area (Å²) in [6, 6.07) is 12.4. The maximum atomic E-state index is 12.7. The third-order valence-electron chi connectivity index (χ3n) is 6.98. The number of halogens is 1. The Balaban J connectivity index is 1.22. The zero-order valence-electron chi connectivity index (χ0n) is 17.9. The second-order valence-corrected chi connectivity index (χ2v) is 9.51. The van der Waals surface area contributed by atoms with Crippen LogP contribution < -0.4 is 10.2 Å². The van der Waals surface area contributed by atoms with Gasteiger partial charge in [-0.25, -0.2) is 0 Å². The van der Waals surface area contributed by atoms with E-state index in [2.05, 4.69) is 22.3 Å². The third kappa shape index (κ3) is 4.09. The lowest BCUT2D eigenvalue weighted by atomic mass is 9.97. The molecule has 2 aromatic rings. The highest BCUT2D eigenvalue weighted by molar-refractivity contribution is 6.30. The van der Waals surface area contributed by atoms with Crippen molar-refractivity contribution in [2.75, 3.05) is 29.9 Å². The van der Waals surface area contributed by atoms with E-state index in [9.17, 15) is 9.59 Å². The molecular formula is C25H28ClN3O2. The standard InChI is InChI=1S/C25H28ClN3O2/c1-16(30)27-21-6-4-17-2-3-18(23(17)14-21)15-28-10-8-22(9-11-28)29-24-7-5-20(26)12-19(24)13-25(29)31/h4-7,12,14,18,22H,2-3,8-11,13,15H2,1H3,(H,27,30). The first-order valence-electron chi connectivity index (χ1n) is 11.2. The summed E-state index contributed by atoms with van der Waals surface area (Å²) in [6.45, 7) is 4.61. The Bertz CT molecular complexity index is 1030. The molecule has 0 spiro atoms. The van der Waals surface area contributed by atoms with Crippen LogP contribution in [0, 0.1) is 0 Å². The van der Waals surface area contributed by atoms with Gasteiger partial charge >= 0.3 is 0 Å². The summed E-state index contributed by atoms with van der Waals surface area (Å²) < 4.78 is 0. The minimum absolute atomic E-state index is 0.0307. The SMILES string of the molecule is CC(=O)Nc1ccc2c(c1)C(CN1CCC(N3C(=O)Cc4cc(Cl)ccc43)CC1)CC2. The Labute approximate surface area is 188 Å². The van der Waals surface area contributed by atoms with Gasteiger partial charge in [0, 0.05) is 49.0 Å². The number of piperidine rings is 1. The normalized spacial score (nSPS) is 21.3. The smallest absolute Gasteiger partial charge is 0.231 e. The summed E-state index contributed by atoms with van der Waals surface area (Å²) in [4.78, 5) is 28.7. The molecule has 2 aliphatic heterocycles. The van der Waals surface area contributed by atoms with Crippen LogP contribution in [0.25, 0.3) is 0 Å². The molecule has 1 saturated heterocycles. The summed E-state index contributed by atoms with van der Waals surface area (Å²) in [7, 11) is 0. The van der Waals surface area contributed by atoms with E-state index in [0.29, 0.717) is 17.4 Å². The van der Waals surface area contributed by atoms with Gasteiger partial charge in [0.25, 0.3) is 0 Å². The Morgan fingerprint density at radius 2 is 1.90 bits per heavy atom. The molecule has 1 unspecified atom stereocenters. The number of nitrogens with one attached hydrogen (secondary N) is 1. The average Bonchev–Trinajstić information content (AvgIpc) is 3.27. The molecule has 2 amide bonds. The van der Waals surface area contributed by atoms with Gasteiger partial charge in [-0.1, -0.05) is 17.7 Å². The van der Waals surface area contributed by atoms with Crippen molar-refractivity contribution < 1.29 is 9.59 Å². The number of carbonyl (C=O) groups excluding carboxylic acids is 2. The molecule has 5 rings (SSSR count). The number of carbonyl (C=O) groups is 2. The van der Waals surface area contributed by atoms with Crippen molar-refractivity contribution >= 4 is 34.8 Å². The summed E-state index contributed by atoms with van der Waals surface area (Å²) in [5.74, 6) is 0.680. The molecule has 0 saturated carbocycles. The van der Waals surface area contributed by atoms with E-state index in [-0.39, 0.29) is 17.9 Å². The number of benzene rings is 2. The van der Waals surface area contributed by atoms with Crippen LogP contribution in [0.3, 0.4) is 0 Å². The quantitative estimate of drug-likeness (QED) is 0.772. The van der Waals surface area contributed by atoms with Gasteiger partial charge in [-0.3, -0.25) is 9.59 Å². The van der Waals surface area contributed by atoms with Gasteiger partial charge in [-0.2, -0.15) is 0 Å². The molecule has 6 heteroatoms. The zero-order valence-corrected chi connectivity index (χ0v) is 18.6. The van der Waals surface area contributed by atoms with E-state index >= 15 is 0 Å². The predicted octanol–water partition coefficient (Wildman–Crippen LogP) is 4.38. The van der Waals surface area contributed by atoms with Gasteiger partial charge in [-0.05, 0) is 78.6 Å². The van der Waals surface area contributed by atoms with E-state index in [0.717, 1.165) is 62.3 Å². The maximum Gasteiger partial charge on any atom is 0.231 e. The summed E-state index contributed by atoms with van der Waals surface area (Å²) in [6.07, 6.45) is 4.74. The minimum Gasteiger partial charge on any atom is -0.326 e. The van der Waals surface area contributed by atoms with Gasteiger partial charge in [0.15, 0.2) is 0 Å². The van der Waals surface area contributed by atoms with Crippen molar-refractivity contribution in [3.8, 4) is 0 Å². The van der Waals surface area contributed by atoms with Crippen LogP contribution in [0.15, 0.2) is 36.4 Å². The van der Waals surface area contributed by atoms with Crippen molar-refractivity contribution in [2.45, 2.75) is 51.0 Å². The van der Waals surface area contributed by atoms with Crippen molar-refractivity contribution in [1.29, 1.82) is 0 Å². The fourth-order valence-corrected chi connectivity index (χ4v) is 5.74. The van der Waals surface area contributed by atoms with Crippen LogP contribution in [-0.4, -0.2) is 42.4 Å². The first kappa shape index (κ1) is 20.5. The topological polar surface area (TPSA) is 52.7 Å². The number of hydrogen-bond donors (Lipinski definition) is 1. The molecule has 0 aromatic heterocycles. The zero-order chi connectivity index (χ0) is 21.5. The number of amides is 2. The van der Waals surface area contributed by atoms with Crippen molar-refractivity contribution in [3.63, 3.8) is 0 Å². The molecule has 0 radical (unpaired) electrons. The van der Waals surface area contributed by atoms with Crippen LogP contribution in [-0.2, 0) is 22.4 Å². The maximum absolute atomic E-state index is 12.7.